The number of carbonyl (C=O) groups excluding carboxylic acids is 4. The number of thiophene rings is 1. The number of amides is 4. The highest BCUT2D eigenvalue weighted by Crippen LogP contribution is 2.49. The highest BCUT2D eigenvalue weighted by atomic mass is 32.1. The zero-order valence-corrected chi connectivity index (χ0v) is 39.2. The summed E-state index contributed by atoms with van der Waals surface area (Å²) >= 11 is 1.44. The van der Waals surface area contributed by atoms with Gasteiger partial charge in [-0.25, -0.2) is 23.9 Å². The Morgan fingerprint density at radius 1 is 0.776 bits per heavy atom. The van der Waals surface area contributed by atoms with Crippen LogP contribution in [0.2, 0.25) is 0 Å². The molecule has 9 rings (SSSR count). The minimum Gasteiger partial charge on any atom is -0.487 e. The van der Waals surface area contributed by atoms with Crippen molar-refractivity contribution in [2.75, 3.05) is 34.4 Å². The van der Waals surface area contributed by atoms with Crippen LogP contribution in [0, 0.1) is 17.7 Å². The molecule has 2 fully saturated rings. The number of carbonyl (C=O) groups is 4. The molecule has 0 radical (unpaired) electrons. The first-order chi connectivity index (χ1) is 32.3. The smallest absolute Gasteiger partial charge is 0.407 e. The number of aromatic amines is 2. The van der Waals surface area contributed by atoms with Crippen molar-refractivity contribution in [1.29, 1.82) is 0 Å². The first-order valence-electron chi connectivity index (χ1n) is 22.5. The third kappa shape index (κ3) is 8.44. The second kappa shape index (κ2) is 18.4. The summed E-state index contributed by atoms with van der Waals surface area (Å²) in [6, 6.07) is 12.9. The van der Waals surface area contributed by atoms with E-state index in [0.29, 0.717) is 70.9 Å². The van der Waals surface area contributed by atoms with Crippen molar-refractivity contribution >= 4 is 46.2 Å². The van der Waals surface area contributed by atoms with Crippen molar-refractivity contribution in [3.05, 3.63) is 83.3 Å². The van der Waals surface area contributed by atoms with Crippen LogP contribution in [-0.4, -0.2) is 105 Å². The second-order valence-corrected chi connectivity index (χ2v) is 18.9. The summed E-state index contributed by atoms with van der Waals surface area (Å²) in [5.74, 6) is 0.319. The van der Waals surface area contributed by atoms with E-state index >= 15 is 4.39 Å². The van der Waals surface area contributed by atoms with Crippen LogP contribution in [0.1, 0.15) is 88.2 Å². The van der Waals surface area contributed by atoms with Crippen LogP contribution in [0.5, 0.6) is 10.8 Å². The van der Waals surface area contributed by atoms with Crippen LogP contribution < -0.4 is 20.1 Å². The molecule has 67 heavy (non-hydrogen) atoms. The van der Waals surface area contributed by atoms with Gasteiger partial charge < -0.3 is 49.3 Å². The molecular formula is C48H54FN9O8S. The SMILES string of the molecule is COC(=O)N[C@H](C(=O)N1CCC[C@H]1c1ncc(-c2cc(F)c3c(c2)OC(c2ccc(OC)s2)n2c-3cc3cc(-c4cnc([C@@H]5CCCN5C(=O)[C@@H](NC(=O)OC)C(C)C)[nH]4)ccc32)[nH]1)C(C)C. The normalized spacial score (nSPS) is 18.7. The Bertz CT molecular complexity index is 2850. The van der Waals surface area contributed by atoms with Gasteiger partial charge >= 0.3 is 12.2 Å². The molecule has 0 aliphatic carbocycles. The summed E-state index contributed by atoms with van der Waals surface area (Å²) in [5, 5.41) is 6.92. The molecule has 6 aromatic rings. The zero-order valence-electron chi connectivity index (χ0n) is 38.3. The summed E-state index contributed by atoms with van der Waals surface area (Å²) in [4.78, 5) is 72.4. The molecule has 0 bridgehead atoms. The van der Waals surface area contributed by atoms with E-state index in [9.17, 15) is 19.2 Å². The Balaban J connectivity index is 1.03. The quantitative estimate of drug-likeness (QED) is 0.0926. The fourth-order valence-electron chi connectivity index (χ4n) is 9.55. The molecule has 352 valence electrons. The Morgan fingerprint density at radius 2 is 1.36 bits per heavy atom. The van der Waals surface area contributed by atoms with E-state index in [0.717, 1.165) is 39.9 Å². The molecule has 0 saturated carbocycles. The van der Waals surface area contributed by atoms with Gasteiger partial charge in [0.25, 0.3) is 0 Å². The van der Waals surface area contributed by atoms with Gasteiger partial charge in [0.15, 0.2) is 5.06 Å². The number of nitrogens with zero attached hydrogens (tertiary/aromatic N) is 5. The van der Waals surface area contributed by atoms with Crippen LogP contribution in [0.4, 0.5) is 14.0 Å². The lowest BCUT2D eigenvalue weighted by Crippen LogP contribution is -2.51. The fourth-order valence-corrected chi connectivity index (χ4v) is 10.4. The predicted molar refractivity (Wildman–Crippen MR) is 248 cm³/mol. The Morgan fingerprint density at radius 3 is 1.90 bits per heavy atom. The van der Waals surface area contributed by atoms with Crippen molar-refractivity contribution in [2.24, 2.45) is 11.8 Å². The monoisotopic (exact) mass is 935 g/mol. The lowest BCUT2D eigenvalue weighted by Gasteiger charge is -2.30. The number of H-pyrrole nitrogens is 2. The summed E-state index contributed by atoms with van der Waals surface area (Å²) in [6.07, 6.45) is 4.33. The van der Waals surface area contributed by atoms with Gasteiger partial charge in [0, 0.05) is 29.6 Å². The number of hydrogen-bond acceptors (Lipinski definition) is 11. The molecule has 0 spiro atoms. The van der Waals surface area contributed by atoms with Crippen LogP contribution in [0.25, 0.3) is 44.7 Å². The largest absolute Gasteiger partial charge is 0.487 e. The molecule has 7 heterocycles. The fraction of sp³-hybridized carbons (Fsp3) is 0.417. The Labute approximate surface area is 390 Å². The average molecular weight is 936 g/mol. The maximum absolute atomic E-state index is 16.8. The van der Waals surface area contributed by atoms with E-state index in [1.54, 1.807) is 29.3 Å². The third-order valence-electron chi connectivity index (χ3n) is 13.0. The van der Waals surface area contributed by atoms with E-state index < -0.39 is 36.3 Å². The Hall–Kier alpha value is -6.89. The van der Waals surface area contributed by atoms with Gasteiger partial charge in [0.05, 0.1) is 78.8 Å². The van der Waals surface area contributed by atoms with Gasteiger partial charge in [0.2, 0.25) is 18.0 Å². The van der Waals surface area contributed by atoms with E-state index in [2.05, 4.69) is 25.6 Å². The van der Waals surface area contributed by atoms with Gasteiger partial charge in [-0.1, -0.05) is 45.1 Å². The molecule has 2 saturated heterocycles. The van der Waals surface area contributed by atoms with Crippen LogP contribution in [0.15, 0.2) is 60.9 Å². The molecule has 2 aromatic carbocycles. The minimum absolute atomic E-state index is 0.157. The molecule has 17 nitrogen and oxygen atoms in total. The number of aromatic nitrogens is 5. The first kappa shape index (κ1) is 45.3. The van der Waals surface area contributed by atoms with Crippen LogP contribution in [-0.2, 0) is 19.1 Å². The van der Waals surface area contributed by atoms with E-state index in [-0.39, 0.29) is 35.7 Å². The number of alkyl carbamates (subject to hydrolysis) is 2. The molecule has 19 heteroatoms. The predicted octanol–water partition coefficient (Wildman–Crippen LogP) is 8.33. The lowest BCUT2D eigenvalue weighted by atomic mass is 10.0. The number of fused-ring (bicyclic) bond motifs is 5. The minimum atomic E-state index is -0.777. The summed E-state index contributed by atoms with van der Waals surface area (Å²) in [7, 11) is 4.15. The van der Waals surface area contributed by atoms with Crippen molar-refractivity contribution < 1.29 is 42.5 Å². The Kier molecular flexibility index (Phi) is 12.4. The van der Waals surface area contributed by atoms with Crippen molar-refractivity contribution in [2.45, 2.75) is 83.8 Å². The molecule has 3 aliphatic heterocycles. The molecule has 4 amide bonds. The summed E-state index contributed by atoms with van der Waals surface area (Å²) in [6.45, 7) is 8.53. The van der Waals surface area contributed by atoms with Gasteiger partial charge in [0.1, 0.15) is 35.3 Å². The zero-order chi connectivity index (χ0) is 47.3. The molecule has 3 aliphatic rings. The maximum atomic E-state index is 16.8. The van der Waals surface area contributed by atoms with E-state index in [4.69, 9.17) is 23.9 Å². The van der Waals surface area contributed by atoms with Gasteiger partial charge in [-0.15, -0.1) is 0 Å². The number of nitrogens with one attached hydrogen (secondary N) is 4. The highest BCUT2D eigenvalue weighted by molar-refractivity contribution is 7.13. The third-order valence-corrected chi connectivity index (χ3v) is 14.0. The number of ether oxygens (including phenoxy) is 4. The van der Waals surface area contributed by atoms with Crippen LogP contribution in [0.3, 0.4) is 0 Å². The van der Waals surface area contributed by atoms with E-state index in [1.165, 1.54) is 31.6 Å². The van der Waals surface area contributed by atoms with Crippen molar-refractivity contribution in [3.8, 4) is 44.6 Å². The summed E-state index contributed by atoms with van der Waals surface area (Å²) < 4.78 is 40.8. The number of rotatable bonds is 12. The van der Waals surface area contributed by atoms with Crippen molar-refractivity contribution in [3.63, 3.8) is 0 Å². The first-order valence-corrected chi connectivity index (χ1v) is 23.3. The van der Waals surface area contributed by atoms with Gasteiger partial charge in [-0.05, 0) is 80.0 Å². The van der Waals surface area contributed by atoms with Gasteiger partial charge in [-0.2, -0.15) is 0 Å². The maximum Gasteiger partial charge on any atom is 0.407 e. The van der Waals surface area contributed by atoms with Crippen LogP contribution >= 0.6 is 11.3 Å². The number of imidazole rings is 2. The van der Waals surface area contributed by atoms with Crippen molar-refractivity contribution in [1.82, 2.24) is 44.9 Å². The number of likely N-dealkylation sites (tertiary alicyclic amines) is 2. The lowest BCUT2D eigenvalue weighted by molar-refractivity contribution is -0.136. The second-order valence-electron chi connectivity index (χ2n) is 17.8. The summed E-state index contributed by atoms with van der Waals surface area (Å²) in [5.41, 5.74) is 4.44. The standard InChI is InChI=1S/C48H54FN9O8S/c1-24(2)40(54-47(61)64-6)44(59)56-16-8-10-33(56)42-50-22-30(52-42)26-12-13-32-28(18-26)20-35-39-29(49)19-27(21-36(39)66-46(58(32)35)37-14-15-38(63-5)67-37)31-23-51-43(53-31)34-11-9-17-57(34)45(60)41(25(3)4)55-48(62)65-7/h12-15,18-25,33-34,40-41,46H,8-11,16-17H2,1-7H3,(H,50,52)(H,51,53)(H,54,61)(H,55,62)/t33-,34-,40-,41-,46?/m0/s1. The molecule has 5 atom stereocenters. The van der Waals surface area contributed by atoms with Gasteiger partial charge in [-0.3, -0.25) is 14.2 Å². The highest BCUT2D eigenvalue weighted by Gasteiger charge is 2.40. The number of halogens is 1. The van der Waals surface area contributed by atoms with E-state index in [1.807, 2.05) is 74.7 Å². The topological polar surface area (TPSA) is 198 Å². The molecule has 4 N–H and O–H groups in total. The average Bonchev–Trinajstić information content (AvgIpc) is 4.18. The number of benzene rings is 2. The number of hydrogen-bond donors (Lipinski definition) is 4. The molecule has 1 unspecified atom stereocenters. The molecule has 4 aromatic heterocycles. The molecular weight excluding hydrogens is 882 g/mol. The number of methoxy groups -OCH3 is 3.